The van der Waals surface area contributed by atoms with Crippen LogP contribution in [0, 0.1) is 0 Å². The number of halogens is 3. The van der Waals surface area contributed by atoms with Crippen molar-refractivity contribution in [1.82, 2.24) is 4.90 Å². The van der Waals surface area contributed by atoms with Gasteiger partial charge in [-0.05, 0) is 24.7 Å². The number of ether oxygens (including phenoxy) is 1. The summed E-state index contributed by atoms with van der Waals surface area (Å²) >= 11 is 1.44. The number of likely N-dealkylation sites (N-methyl/N-ethyl adjacent to an activating group) is 1. The second-order valence-electron chi connectivity index (χ2n) is 4.95. The van der Waals surface area contributed by atoms with E-state index in [-0.39, 0.29) is 11.8 Å². The summed E-state index contributed by atoms with van der Waals surface area (Å²) in [6.45, 7) is 5.56. The van der Waals surface area contributed by atoms with Crippen LogP contribution in [0.5, 0.6) is 0 Å². The van der Waals surface area contributed by atoms with Gasteiger partial charge in [0.25, 0.3) is 0 Å². The molecule has 0 aliphatic carbocycles. The number of anilines is 1. The minimum absolute atomic E-state index is 0.0883. The summed E-state index contributed by atoms with van der Waals surface area (Å²) in [6, 6.07) is 3.49. The van der Waals surface area contributed by atoms with Crippen LogP contribution in [0.15, 0.2) is 23.1 Å². The maximum absolute atomic E-state index is 12.6. The summed E-state index contributed by atoms with van der Waals surface area (Å²) in [4.78, 5) is 2.96. The van der Waals surface area contributed by atoms with E-state index in [9.17, 15) is 13.2 Å². The fourth-order valence-electron chi connectivity index (χ4n) is 2.21. The average molecular weight is 320 g/mol. The molecule has 1 unspecified atom stereocenters. The van der Waals surface area contributed by atoms with E-state index in [2.05, 4.69) is 11.8 Å². The quantitative estimate of drug-likeness (QED) is 0.683. The van der Waals surface area contributed by atoms with Crippen molar-refractivity contribution in [2.75, 3.05) is 37.7 Å². The van der Waals surface area contributed by atoms with E-state index in [0.29, 0.717) is 17.3 Å². The number of hydrogen-bond acceptors (Lipinski definition) is 4. The van der Waals surface area contributed by atoms with E-state index in [0.717, 1.165) is 31.8 Å². The van der Waals surface area contributed by atoms with E-state index in [1.165, 1.54) is 17.8 Å². The second-order valence-corrected chi connectivity index (χ2v) is 6.01. The molecule has 1 heterocycles. The van der Waals surface area contributed by atoms with E-state index in [1.54, 1.807) is 0 Å². The van der Waals surface area contributed by atoms with E-state index < -0.39 is 11.7 Å². The Kier molecular flexibility index (Phi) is 5.40. The highest BCUT2D eigenvalue weighted by Crippen LogP contribution is 2.34. The van der Waals surface area contributed by atoms with Crippen LogP contribution in [0.1, 0.15) is 12.5 Å². The van der Waals surface area contributed by atoms with Gasteiger partial charge in [0.15, 0.2) is 0 Å². The number of morpholine rings is 1. The van der Waals surface area contributed by atoms with Gasteiger partial charge >= 0.3 is 6.18 Å². The molecular weight excluding hydrogens is 301 g/mol. The predicted octanol–water partition coefficient (Wildman–Crippen LogP) is 3.10. The third-order valence-electron chi connectivity index (χ3n) is 3.43. The molecule has 0 radical (unpaired) electrons. The van der Waals surface area contributed by atoms with Crippen LogP contribution in [0.25, 0.3) is 0 Å². The zero-order valence-electron chi connectivity index (χ0n) is 11.8. The number of nitrogen functional groups attached to an aromatic ring is 1. The lowest BCUT2D eigenvalue weighted by Gasteiger charge is -2.31. The third-order valence-corrected chi connectivity index (χ3v) is 4.65. The second kappa shape index (κ2) is 6.89. The van der Waals surface area contributed by atoms with Crippen molar-refractivity contribution in [2.24, 2.45) is 0 Å². The smallest absolute Gasteiger partial charge is 0.398 e. The summed E-state index contributed by atoms with van der Waals surface area (Å²) in [5, 5.41) is 0. The molecule has 1 saturated heterocycles. The van der Waals surface area contributed by atoms with Crippen LogP contribution in [0.3, 0.4) is 0 Å². The molecule has 1 atom stereocenters. The normalized spacial score (nSPS) is 20.7. The van der Waals surface area contributed by atoms with Crippen molar-refractivity contribution < 1.29 is 17.9 Å². The lowest BCUT2D eigenvalue weighted by Crippen LogP contribution is -2.43. The van der Waals surface area contributed by atoms with Gasteiger partial charge in [-0.25, -0.2) is 0 Å². The standard InChI is InChI=1S/C14H19F3N2OS/c1-2-19-5-6-20-11(8-19)9-21-13-4-3-10(7-12(13)18)14(15,16)17/h3-4,7,11H,2,5-6,8-9,18H2,1H3. The maximum atomic E-state index is 12.6. The number of nitrogens with zero attached hydrogens (tertiary/aromatic N) is 1. The van der Waals surface area contributed by atoms with Crippen molar-refractivity contribution in [3.05, 3.63) is 23.8 Å². The van der Waals surface area contributed by atoms with Crippen molar-refractivity contribution in [2.45, 2.75) is 24.1 Å². The summed E-state index contributed by atoms with van der Waals surface area (Å²) in [5.41, 5.74) is 5.17. The predicted molar refractivity (Wildman–Crippen MR) is 78.4 cm³/mol. The number of thioether (sulfide) groups is 1. The fourth-order valence-corrected chi connectivity index (χ4v) is 3.16. The van der Waals surface area contributed by atoms with Gasteiger partial charge in [0.05, 0.1) is 18.3 Å². The highest BCUT2D eigenvalue weighted by molar-refractivity contribution is 7.99. The molecule has 1 aromatic carbocycles. The van der Waals surface area contributed by atoms with Crippen LogP contribution in [0.2, 0.25) is 0 Å². The summed E-state index contributed by atoms with van der Waals surface area (Å²) < 4.78 is 43.4. The van der Waals surface area contributed by atoms with E-state index in [1.807, 2.05) is 0 Å². The summed E-state index contributed by atoms with van der Waals surface area (Å²) in [7, 11) is 0. The van der Waals surface area contributed by atoms with Crippen LogP contribution in [-0.4, -0.2) is 43.0 Å². The minimum Gasteiger partial charge on any atom is -0.398 e. The first kappa shape index (κ1) is 16.5. The van der Waals surface area contributed by atoms with Crippen LogP contribution in [-0.2, 0) is 10.9 Å². The summed E-state index contributed by atoms with van der Waals surface area (Å²) in [5.74, 6) is 0.687. The van der Waals surface area contributed by atoms with Gasteiger partial charge < -0.3 is 10.5 Å². The van der Waals surface area contributed by atoms with E-state index in [4.69, 9.17) is 10.5 Å². The van der Waals surface area contributed by atoms with Gasteiger partial charge in [-0.3, -0.25) is 4.90 Å². The fraction of sp³-hybridized carbons (Fsp3) is 0.571. The molecule has 0 saturated carbocycles. The SMILES string of the molecule is CCN1CCOC(CSc2ccc(C(F)(F)F)cc2N)C1. The van der Waals surface area contributed by atoms with Gasteiger partial charge in [-0.1, -0.05) is 6.92 Å². The number of benzene rings is 1. The lowest BCUT2D eigenvalue weighted by atomic mass is 10.2. The number of hydrogen-bond donors (Lipinski definition) is 1. The Morgan fingerprint density at radius 2 is 2.19 bits per heavy atom. The Labute approximate surface area is 126 Å². The van der Waals surface area contributed by atoms with Crippen molar-refractivity contribution >= 4 is 17.4 Å². The first-order valence-corrected chi connectivity index (χ1v) is 7.82. The van der Waals surface area contributed by atoms with Gasteiger partial charge in [-0.15, -0.1) is 11.8 Å². The third kappa shape index (κ3) is 4.52. The van der Waals surface area contributed by atoms with Crippen LogP contribution >= 0.6 is 11.8 Å². The molecule has 2 N–H and O–H groups in total. The topological polar surface area (TPSA) is 38.5 Å². The first-order valence-electron chi connectivity index (χ1n) is 6.83. The molecule has 21 heavy (non-hydrogen) atoms. The molecule has 3 nitrogen and oxygen atoms in total. The Morgan fingerprint density at radius 3 is 2.81 bits per heavy atom. The van der Waals surface area contributed by atoms with E-state index >= 15 is 0 Å². The largest absolute Gasteiger partial charge is 0.416 e. The molecule has 118 valence electrons. The van der Waals surface area contributed by atoms with Crippen molar-refractivity contribution in [3.8, 4) is 0 Å². The molecule has 7 heteroatoms. The Bertz CT molecular complexity index is 482. The monoisotopic (exact) mass is 320 g/mol. The number of alkyl halides is 3. The highest BCUT2D eigenvalue weighted by Gasteiger charge is 2.31. The zero-order chi connectivity index (χ0) is 15.5. The highest BCUT2D eigenvalue weighted by atomic mass is 32.2. The average Bonchev–Trinajstić information content (AvgIpc) is 2.45. The molecule has 0 aromatic heterocycles. The van der Waals surface area contributed by atoms with Crippen LogP contribution < -0.4 is 5.73 Å². The molecule has 1 aliphatic rings. The molecule has 0 bridgehead atoms. The molecule has 1 fully saturated rings. The summed E-state index contributed by atoms with van der Waals surface area (Å²) in [6.07, 6.45) is -4.27. The Hall–Kier alpha value is -0.920. The van der Waals surface area contributed by atoms with Gasteiger partial charge in [-0.2, -0.15) is 13.2 Å². The molecule has 1 aliphatic heterocycles. The first-order chi connectivity index (χ1) is 9.90. The zero-order valence-corrected chi connectivity index (χ0v) is 12.6. The number of rotatable bonds is 4. The van der Waals surface area contributed by atoms with Gasteiger partial charge in [0.2, 0.25) is 0 Å². The molecule has 2 rings (SSSR count). The van der Waals surface area contributed by atoms with Crippen molar-refractivity contribution in [1.29, 1.82) is 0 Å². The molecular formula is C14H19F3N2OS. The molecule has 0 amide bonds. The Balaban J connectivity index is 1.94. The van der Waals surface area contributed by atoms with Gasteiger partial charge in [0, 0.05) is 29.4 Å². The number of nitrogens with two attached hydrogens (primary N) is 1. The minimum atomic E-state index is -4.36. The van der Waals surface area contributed by atoms with Crippen molar-refractivity contribution in [3.63, 3.8) is 0 Å². The molecule has 1 aromatic rings. The molecule has 0 spiro atoms. The lowest BCUT2D eigenvalue weighted by molar-refractivity contribution is -0.137. The maximum Gasteiger partial charge on any atom is 0.416 e. The van der Waals surface area contributed by atoms with Crippen LogP contribution in [0.4, 0.5) is 18.9 Å². The Morgan fingerprint density at radius 1 is 1.43 bits per heavy atom. The van der Waals surface area contributed by atoms with Gasteiger partial charge in [0.1, 0.15) is 0 Å².